The van der Waals surface area contributed by atoms with Crippen LogP contribution in [0.3, 0.4) is 0 Å². The summed E-state index contributed by atoms with van der Waals surface area (Å²) in [5.41, 5.74) is 0. The normalized spacial score (nSPS) is 24.1. The fraction of sp³-hybridized carbons (Fsp3) is 0.929. The van der Waals surface area contributed by atoms with E-state index >= 15 is 0 Å². The molecule has 7 heteroatoms. The molecule has 1 atom stereocenters. The van der Waals surface area contributed by atoms with Crippen LogP contribution in [0.2, 0.25) is 0 Å². The zero-order valence-electron chi connectivity index (χ0n) is 12.4. The zero-order chi connectivity index (χ0) is 15.5. The molecule has 1 amide bonds. The number of hydrogen-bond donors (Lipinski definition) is 0. The van der Waals surface area contributed by atoms with Crippen molar-refractivity contribution in [2.24, 2.45) is 5.92 Å². The smallest absolute Gasteiger partial charge is 0.374 e. The summed E-state index contributed by atoms with van der Waals surface area (Å²) in [5.74, 6) is 0.0530. The van der Waals surface area contributed by atoms with Crippen LogP contribution >= 0.6 is 0 Å². The third-order valence-corrected chi connectivity index (χ3v) is 3.92. The Morgan fingerprint density at radius 3 is 2.62 bits per heavy atom. The minimum absolute atomic E-state index is 0.0997. The molecule has 0 aromatic carbocycles. The molecule has 122 valence electrons. The van der Waals surface area contributed by atoms with E-state index in [1.54, 1.807) is 4.90 Å². The van der Waals surface area contributed by atoms with Gasteiger partial charge in [-0.05, 0) is 25.8 Å². The molecule has 4 nitrogen and oxygen atoms in total. The zero-order valence-corrected chi connectivity index (χ0v) is 12.4. The number of halogens is 3. The lowest BCUT2D eigenvalue weighted by molar-refractivity contribution is -0.150. The first-order valence-corrected chi connectivity index (χ1v) is 7.48. The van der Waals surface area contributed by atoms with Gasteiger partial charge in [-0.1, -0.05) is 0 Å². The second-order valence-corrected chi connectivity index (χ2v) is 6.11. The van der Waals surface area contributed by atoms with E-state index in [2.05, 4.69) is 4.90 Å². The lowest BCUT2D eigenvalue weighted by atomic mass is 10.2. The average molecular weight is 308 g/mol. The highest BCUT2D eigenvalue weighted by Gasteiger charge is 2.32. The molecule has 1 saturated heterocycles. The molecule has 1 saturated carbocycles. The molecule has 0 spiro atoms. The molecule has 0 aromatic heterocycles. The number of morpholine rings is 1. The second kappa shape index (κ2) is 6.96. The molecule has 1 aliphatic heterocycles. The van der Waals surface area contributed by atoms with E-state index in [-0.39, 0.29) is 6.10 Å². The molecule has 2 rings (SSSR count). The minimum Gasteiger partial charge on any atom is -0.374 e. The first-order valence-electron chi connectivity index (χ1n) is 7.48. The Balaban J connectivity index is 1.85. The number of nitrogens with zero attached hydrogens (tertiary/aromatic N) is 2. The van der Waals surface area contributed by atoms with Gasteiger partial charge in [-0.15, -0.1) is 0 Å². The van der Waals surface area contributed by atoms with Gasteiger partial charge in [0.05, 0.1) is 19.1 Å². The Morgan fingerprint density at radius 1 is 1.33 bits per heavy atom. The maximum Gasteiger partial charge on any atom is 0.389 e. The van der Waals surface area contributed by atoms with Crippen LogP contribution in [-0.4, -0.2) is 67.8 Å². The quantitative estimate of drug-likeness (QED) is 0.751. The summed E-state index contributed by atoms with van der Waals surface area (Å²) in [6.07, 6.45) is -3.75. The number of carbonyl (C=O) groups is 1. The van der Waals surface area contributed by atoms with Crippen LogP contribution in [0.25, 0.3) is 0 Å². The van der Waals surface area contributed by atoms with Gasteiger partial charge in [-0.25, -0.2) is 0 Å². The molecule has 2 fully saturated rings. The van der Waals surface area contributed by atoms with Crippen molar-refractivity contribution >= 4 is 5.91 Å². The molecule has 0 N–H and O–H groups in total. The number of amides is 1. The highest BCUT2D eigenvalue weighted by Crippen LogP contribution is 2.30. The summed E-state index contributed by atoms with van der Waals surface area (Å²) in [6.45, 7) is 3.14. The van der Waals surface area contributed by atoms with Gasteiger partial charge in [-0.2, -0.15) is 13.2 Å². The summed E-state index contributed by atoms with van der Waals surface area (Å²) in [7, 11) is 1.98. The second-order valence-electron chi connectivity index (χ2n) is 6.11. The molecule has 0 radical (unpaired) electrons. The third kappa shape index (κ3) is 6.22. The van der Waals surface area contributed by atoms with E-state index in [1.807, 2.05) is 7.05 Å². The Hall–Kier alpha value is -0.820. The first-order chi connectivity index (χ1) is 9.83. The summed E-state index contributed by atoms with van der Waals surface area (Å²) in [4.78, 5) is 15.8. The summed E-state index contributed by atoms with van der Waals surface area (Å²) in [6, 6.07) is 0. The van der Waals surface area contributed by atoms with Crippen molar-refractivity contribution in [2.75, 3.05) is 39.8 Å². The van der Waals surface area contributed by atoms with E-state index < -0.39 is 24.9 Å². The number of alkyl halides is 3. The Morgan fingerprint density at radius 2 is 2.05 bits per heavy atom. The van der Waals surface area contributed by atoms with Crippen LogP contribution in [0.15, 0.2) is 0 Å². The number of carbonyl (C=O) groups excluding carboxylic acids is 1. The van der Waals surface area contributed by atoms with Crippen LogP contribution in [-0.2, 0) is 9.53 Å². The Labute approximate surface area is 123 Å². The van der Waals surface area contributed by atoms with Crippen molar-refractivity contribution in [3.05, 3.63) is 0 Å². The molecule has 0 unspecified atom stereocenters. The molecular formula is C14H23F3N2O2. The van der Waals surface area contributed by atoms with Crippen LogP contribution in [0.5, 0.6) is 0 Å². The van der Waals surface area contributed by atoms with Crippen molar-refractivity contribution in [2.45, 2.75) is 38.0 Å². The maximum absolute atomic E-state index is 12.3. The topological polar surface area (TPSA) is 32.8 Å². The summed E-state index contributed by atoms with van der Waals surface area (Å²) in [5, 5.41) is 0. The number of rotatable bonds is 6. The molecule has 1 aliphatic carbocycles. The molecular weight excluding hydrogens is 285 g/mol. The summed E-state index contributed by atoms with van der Waals surface area (Å²) >= 11 is 0. The van der Waals surface area contributed by atoms with Gasteiger partial charge < -0.3 is 14.5 Å². The highest BCUT2D eigenvalue weighted by atomic mass is 19.4. The van der Waals surface area contributed by atoms with Gasteiger partial charge in [0.15, 0.2) is 0 Å². The summed E-state index contributed by atoms with van der Waals surface area (Å²) < 4.78 is 42.4. The van der Waals surface area contributed by atoms with E-state index in [1.165, 1.54) is 0 Å². The molecule has 0 bridgehead atoms. The maximum atomic E-state index is 12.3. The molecule has 0 aromatic rings. The van der Waals surface area contributed by atoms with Crippen LogP contribution < -0.4 is 0 Å². The van der Waals surface area contributed by atoms with Crippen LogP contribution in [0.4, 0.5) is 13.2 Å². The van der Waals surface area contributed by atoms with Crippen LogP contribution in [0, 0.1) is 5.92 Å². The standard InChI is InChI=1S/C14H23F3N2O2/c1-18-6-7-21-12(9-18)10-19(8-11-2-3-11)13(20)4-5-14(15,16)17/h11-12H,2-10H2,1H3/t12-/m1/s1. The van der Waals surface area contributed by atoms with Crippen molar-refractivity contribution < 1.29 is 22.7 Å². The van der Waals surface area contributed by atoms with E-state index in [0.29, 0.717) is 32.2 Å². The first kappa shape index (κ1) is 16.5. The van der Waals surface area contributed by atoms with Gasteiger partial charge in [-0.3, -0.25) is 4.79 Å². The van der Waals surface area contributed by atoms with Gasteiger partial charge in [0.2, 0.25) is 5.91 Å². The molecule has 2 aliphatic rings. The van der Waals surface area contributed by atoms with Gasteiger partial charge in [0.1, 0.15) is 0 Å². The van der Waals surface area contributed by atoms with Crippen LogP contribution in [0.1, 0.15) is 25.7 Å². The monoisotopic (exact) mass is 308 g/mol. The number of ether oxygens (including phenoxy) is 1. The number of hydrogen-bond acceptors (Lipinski definition) is 3. The third-order valence-electron chi connectivity index (χ3n) is 3.92. The van der Waals surface area contributed by atoms with Gasteiger partial charge in [0.25, 0.3) is 0 Å². The number of likely N-dealkylation sites (N-methyl/N-ethyl adjacent to an activating group) is 1. The largest absolute Gasteiger partial charge is 0.389 e. The lowest BCUT2D eigenvalue weighted by Gasteiger charge is -2.34. The molecule has 1 heterocycles. The van der Waals surface area contributed by atoms with Crippen molar-refractivity contribution in [3.8, 4) is 0 Å². The minimum atomic E-state index is -4.28. The SMILES string of the molecule is CN1CCO[C@@H](CN(CC2CC2)C(=O)CCC(F)(F)F)C1. The Kier molecular flexibility index (Phi) is 5.48. The van der Waals surface area contributed by atoms with E-state index in [0.717, 1.165) is 19.4 Å². The fourth-order valence-corrected chi connectivity index (χ4v) is 2.52. The van der Waals surface area contributed by atoms with Crippen molar-refractivity contribution in [1.29, 1.82) is 0 Å². The predicted octanol–water partition coefficient (Wildman–Crippen LogP) is 1.90. The van der Waals surface area contributed by atoms with Crippen molar-refractivity contribution in [3.63, 3.8) is 0 Å². The van der Waals surface area contributed by atoms with E-state index in [9.17, 15) is 18.0 Å². The predicted molar refractivity (Wildman–Crippen MR) is 71.8 cm³/mol. The highest BCUT2D eigenvalue weighted by molar-refractivity contribution is 5.76. The van der Waals surface area contributed by atoms with Gasteiger partial charge in [0, 0.05) is 32.6 Å². The van der Waals surface area contributed by atoms with Crippen molar-refractivity contribution in [1.82, 2.24) is 9.80 Å². The average Bonchev–Trinajstić information content (AvgIpc) is 3.18. The fourth-order valence-electron chi connectivity index (χ4n) is 2.52. The molecule has 21 heavy (non-hydrogen) atoms. The van der Waals surface area contributed by atoms with E-state index in [4.69, 9.17) is 4.74 Å². The lowest BCUT2D eigenvalue weighted by Crippen LogP contribution is -2.48. The Bertz CT molecular complexity index is 359. The van der Waals surface area contributed by atoms with Gasteiger partial charge >= 0.3 is 6.18 Å².